The lowest BCUT2D eigenvalue weighted by molar-refractivity contribution is -0.0902. The maximum Gasteiger partial charge on any atom is 0.0806 e. The van der Waals surface area contributed by atoms with Gasteiger partial charge >= 0.3 is 0 Å². The highest BCUT2D eigenvalue weighted by Gasteiger charge is 2.34. The van der Waals surface area contributed by atoms with Gasteiger partial charge in [0.05, 0.1) is 5.60 Å². The standard InChI is InChI=1S/C9H17NO/c1-2-7-11-9(4-1)5-3-6-10-8-9/h10H,1-8H2. The Hall–Kier alpha value is -0.0800. The highest BCUT2D eigenvalue weighted by atomic mass is 16.5. The minimum absolute atomic E-state index is 0.247. The number of hydrogen-bond acceptors (Lipinski definition) is 2. The number of nitrogens with one attached hydrogen (secondary N) is 1. The Bertz CT molecular complexity index is 104. The van der Waals surface area contributed by atoms with Crippen molar-refractivity contribution in [2.45, 2.75) is 37.7 Å². The van der Waals surface area contributed by atoms with Crippen LogP contribution in [0.2, 0.25) is 0 Å². The van der Waals surface area contributed by atoms with Crippen LogP contribution in [0.1, 0.15) is 32.1 Å². The third kappa shape index (κ3) is 1.57. The Kier molecular flexibility index (Phi) is 2.14. The van der Waals surface area contributed by atoms with Crippen molar-refractivity contribution in [3.05, 3.63) is 0 Å². The quantitative estimate of drug-likeness (QED) is 0.569. The molecule has 1 unspecified atom stereocenters. The van der Waals surface area contributed by atoms with Gasteiger partial charge in [0.1, 0.15) is 0 Å². The molecule has 2 saturated heterocycles. The van der Waals surface area contributed by atoms with Gasteiger partial charge in [-0.15, -0.1) is 0 Å². The zero-order valence-electron chi connectivity index (χ0n) is 7.07. The molecule has 64 valence electrons. The lowest BCUT2D eigenvalue weighted by Gasteiger charge is -2.40. The maximum absolute atomic E-state index is 5.84. The monoisotopic (exact) mass is 155 g/mol. The first-order chi connectivity index (χ1) is 5.41. The van der Waals surface area contributed by atoms with E-state index < -0.39 is 0 Å². The first kappa shape index (κ1) is 7.56. The van der Waals surface area contributed by atoms with Crippen molar-refractivity contribution >= 4 is 0 Å². The summed E-state index contributed by atoms with van der Waals surface area (Å²) >= 11 is 0. The molecule has 0 amide bonds. The zero-order chi connectivity index (χ0) is 7.57. The summed E-state index contributed by atoms with van der Waals surface area (Å²) in [5.41, 5.74) is 0.247. The van der Waals surface area contributed by atoms with Gasteiger partial charge in [0.25, 0.3) is 0 Å². The van der Waals surface area contributed by atoms with Gasteiger partial charge in [0.2, 0.25) is 0 Å². The average Bonchev–Trinajstić information content (AvgIpc) is 2.07. The molecule has 1 atom stereocenters. The molecular weight excluding hydrogens is 138 g/mol. The van der Waals surface area contributed by atoms with Crippen molar-refractivity contribution < 1.29 is 4.74 Å². The molecule has 2 aliphatic heterocycles. The Morgan fingerprint density at radius 2 is 2.00 bits per heavy atom. The minimum Gasteiger partial charge on any atom is -0.374 e. The summed E-state index contributed by atoms with van der Waals surface area (Å²) in [4.78, 5) is 0. The van der Waals surface area contributed by atoms with Gasteiger partial charge in [-0.25, -0.2) is 0 Å². The third-order valence-corrected chi connectivity index (χ3v) is 2.87. The van der Waals surface area contributed by atoms with Crippen LogP contribution in [-0.2, 0) is 4.74 Å². The normalized spacial score (nSPS) is 39.3. The number of rotatable bonds is 0. The summed E-state index contributed by atoms with van der Waals surface area (Å²) < 4.78 is 5.84. The molecule has 0 aromatic heterocycles. The molecule has 0 aromatic rings. The first-order valence-electron chi connectivity index (χ1n) is 4.76. The molecule has 0 aliphatic carbocycles. The van der Waals surface area contributed by atoms with Gasteiger partial charge in [-0.1, -0.05) is 0 Å². The molecular formula is C9H17NO. The van der Waals surface area contributed by atoms with E-state index in [1.165, 1.54) is 38.6 Å². The second-order valence-electron chi connectivity index (χ2n) is 3.77. The summed E-state index contributed by atoms with van der Waals surface area (Å²) in [6.07, 6.45) is 6.48. The lowest BCUT2D eigenvalue weighted by atomic mass is 9.87. The number of piperidine rings is 1. The van der Waals surface area contributed by atoms with Gasteiger partial charge < -0.3 is 10.1 Å². The SMILES string of the molecule is C1CCC2(CCCNC2)OC1. The molecule has 2 aliphatic rings. The summed E-state index contributed by atoms with van der Waals surface area (Å²) in [7, 11) is 0. The molecule has 0 saturated carbocycles. The van der Waals surface area contributed by atoms with E-state index in [9.17, 15) is 0 Å². The predicted octanol–water partition coefficient (Wildman–Crippen LogP) is 1.31. The fraction of sp³-hybridized carbons (Fsp3) is 1.00. The molecule has 1 N–H and O–H groups in total. The van der Waals surface area contributed by atoms with Crippen LogP contribution in [0.5, 0.6) is 0 Å². The van der Waals surface area contributed by atoms with Gasteiger partial charge in [-0.3, -0.25) is 0 Å². The van der Waals surface area contributed by atoms with E-state index in [1.54, 1.807) is 0 Å². The van der Waals surface area contributed by atoms with E-state index in [4.69, 9.17) is 4.74 Å². The topological polar surface area (TPSA) is 21.3 Å². The molecule has 2 nitrogen and oxygen atoms in total. The van der Waals surface area contributed by atoms with E-state index in [1.807, 2.05) is 0 Å². The Morgan fingerprint density at radius 3 is 2.64 bits per heavy atom. The fourth-order valence-electron chi connectivity index (χ4n) is 2.19. The van der Waals surface area contributed by atoms with Crippen molar-refractivity contribution in [2.75, 3.05) is 19.7 Å². The lowest BCUT2D eigenvalue weighted by Crippen LogP contribution is -2.49. The highest BCUT2D eigenvalue weighted by molar-refractivity contribution is 4.88. The second kappa shape index (κ2) is 3.11. The van der Waals surface area contributed by atoms with Gasteiger partial charge in [-0.2, -0.15) is 0 Å². The van der Waals surface area contributed by atoms with Crippen LogP contribution in [0.3, 0.4) is 0 Å². The smallest absolute Gasteiger partial charge is 0.0806 e. The Balaban J connectivity index is 1.94. The van der Waals surface area contributed by atoms with Crippen LogP contribution >= 0.6 is 0 Å². The largest absolute Gasteiger partial charge is 0.374 e. The van der Waals surface area contributed by atoms with Crippen molar-refractivity contribution in [3.63, 3.8) is 0 Å². The molecule has 11 heavy (non-hydrogen) atoms. The molecule has 0 aromatic carbocycles. The zero-order valence-corrected chi connectivity index (χ0v) is 7.07. The average molecular weight is 155 g/mol. The van der Waals surface area contributed by atoms with E-state index >= 15 is 0 Å². The van der Waals surface area contributed by atoms with Crippen LogP contribution in [0.4, 0.5) is 0 Å². The molecule has 2 heteroatoms. The van der Waals surface area contributed by atoms with Crippen LogP contribution in [0.25, 0.3) is 0 Å². The third-order valence-electron chi connectivity index (χ3n) is 2.87. The maximum atomic E-state index is 5.84. The van der Waals surface area contributed by atoms with Gasteiger partial charge in [0.15, 0.2) is 0 Å². The van der Waals surface area contributed by atoms with Crippen molar-refractivity contribution in [2.24, 2.45) is 0 Å². The van der Waals surface area contributed by atoms with E-state index in [0.29, 0.717) is 0 Å². The van der Waals surface area contributed by atoms with Crippen LogP contribution < -0.4 is 5.32 Å². The van der Waals surface area contributed by atoms with E-state index in [2.05, 4.69) is 5.32 Å². The molecule has 2 heterocycles. The Morgan fingerprint density at radius 1 is 1.09 bits per heavy atom. The van der Waals surface area contributed by atoms with Crippen LogP contribution in [-0.4, -0.2) is 25.3 Å². The van der Waals surface area contributed by atoms with Crippen molar-refractivity contribution in [1.29, 1.82) is 0 Å². The van der Waals surface area contributed by atoms with Crippen molar-refractivity contribution in [3.8, 4) is 0 Å². The summed E-state index contributed by atoms with van der Waals surface area (Å²) in [6, 6.07) is 0. The second-order valence-corrected chi connectivity index (χ2v) is 3.77. The van der Waals surface area contributed by atoms with Crippen LogP contribution in [0.15, 0.2) is 0 Å². The van der Waals surface area contributed by atoms with Gasteiger partial charge in [0, 0.05) is 13.2 Å². The molecule has 1 spiro atoms. The molecule has 2 fully saturated rings. The molecule has 0 bridgehead atoms. The summed E-state index contributed by atoms with van der Waals surface area (Å²) in [5, 5.41) is 3.42. The summed E-state index contributed by atoms with van der Waals surface area (Å²) in [5.74, 6) is 0. The Labute approximate surface area is 68.3 Å². The first-order valence-corrected chi connectivity index (χ1v) is 4.76. The highest BCUT2D eigenvalue weighted by Crippen LogP contribution is 2.30. The van der Waals surface area contributed by atoms with E-state index in [-0.39, 0.29) is 5.60 Å². The summed E-state index contributed by atoms with van der Waals surface area (Å²) in [6.45, 7) is 3.26. The number of hydrogen-bond donors (Lipinski definition) is 1. The van der Waals surface area contributed by atoms with E-state index in [0.717, 1.165) is 13.2 Å². The predicted molar refractivity (Wildman–Crippen MR) is 44.6 cm³/mol. The number of ether oxygens (including phenoxy) is 1. The fourth-order valence-corrected chi connectivity index (χ4v) is 2.19. The van der Waals surface area contributed by atoms with Crippen molar-refractivity contribution in [1.82, 2.24) is 5.32 Å². The van der Waals surface area contributed by atoms with Crippen LogP contribution in [0, 0.1) is 0 Å². The van der Waals surface area contributed by atoms with Gasteiger partial charge in [-0.05, 0) is 38.6 Å². The minimum atomic E-state index is 0.247. The molecule has 2 rings (SSSR count). The molecule has 0 radical (unpaired) electrons.